The first kappa shape index (κ1) is 14.4. The zero-order valence-electron chi connectivity index (χ0n) is 11.4. The number of nitro benzene ring substituents is 1. The molecule has 1 N–H and O–H groups in total. The monoisotopic (exact) mass is 288 g/mol. The Labute approximate surface area is 119 Å². The number of hydrogen-bond donors (Lipinski definition) is 1. The fourth-order valence-electron chi connectivity index (χ4n) is 1.86. The quantitative estimate of drug-likeness (QED) is 0.690. The summed E-state index contributed by atoms with van der Waals surface area (Å²) in [4.78, 5) is 32.6. The van der Waals surface area contributed by atoms with Gasteiger partial charge in [0.2, 0.25) is 5.91 Å². The molecule has 21 heavy (non-hydrogen) atoms. The molecule has 0 fully saturated rings. The van der Waals surface area contributed by atoms with Crippen molar-refractivity contribution in [2.24, 2.45) is 0 Å². The summed E-state index contributed by atoms with van der Waals surface area (Å²) < 4.78 is 5.38. The first-order valence-corrected chi connectivity index (χ1v) is 6.05. The lowest BCUT2D eigenvalue weighted by Crippen LogP contribution is -2.27. The summed E-state index contributed by atoms with van der Waals surface area (Å²) in [7, 11) is 0. The lowest BCUT2D eigenvalue weighted by molar-refractivity contribution is -0.384. The van der Waals surface area contributed by atoms with E-state index >= 15 is 0 Å². The molecule has 0 aliphatic heterocycles. The Morgan fingerprint density at radius 3 is 2.52 bits per heavy atom. The Morgan fingerprint density at radius 1 is 1.24 bits per heavy atom. The smallest absolute Gasteiger partial charge is 0.293 e. The van der Waals surface area contributed by atoms with Gasteiger partial charge in [-0.1, -0.05) is 0 Å². The van der Waals surface area contributed by atoms with E-state index in [1.807, 2.05) is 0 Å². The highest BCUT2D eigenvalue weighted by Crippen LogP contribution is 2.28. The van der Waals surface area contributed by atoms with Gasteiger partial charge in [0, 0.05) is 24.6 Å². The summed E-state index contributed by atoms with van der Waals surface area (Å²) in [5.74, 6) is -0.716. The maximum Gasteiger partial charge on any atom is 0.293 e. The highest BCUT2D eigenvalue weighted by molar-refractivity contribution is 6.02. The van der Waals surface area contributed by atoms with E-state index in [9.17, 15) is 19.7 Å². The second-order valence-corrected chi connectivity index (χ2v) is 4.43. The topological polar surface area (TPSA) is 102 Å². The van der Waals surface area contributed by atoms with Crippen LogP contribution in [0.1, 0.15) is 23.0 Å². The summed E-state index contributed by atoms with van der Waals surface area (Å²) in [6.45, 7) is 2.93. The number of amides is 2. The third-order valence-corrected chi connectivity index (χ3v) is 2.81. The molecule has 108 valence electrons. The molecule has 0 aliphatic carbocycles. The molecule has 2 aromatic rings. The van der Waals surface area contributed by atoms with Crippen molar-refractivity contribution in [3.8, 4) is 11.3 Å². The number of benzene rings is 1. The van der Waals surface area contributed by atoms with E-state index in [0.717, 1.165) is 0 Å². The number of furan rings is 1. The van der Waals surface area contributed by atoms with E-state index in [-0.39, 0.29) is 11.4 Å². The molecular formula is C14H12N2O5. The number of hydrogen-bond acceptors (Lipinski definition) is 5. The summed E-state index contributed by atoms with van der Waals surface area (Å²) in [5, 5.41) is 12.8. The number of imide groups is 1. The lowest BCUT2D eigenvalue weighted by atomic mass is 10.1. The Balaban J connectivity index is 2.31. The van der Waals surface area contributed by atoms with Crippen LogP contribution in [0.4, 0.5) is 5.69 Å². The molecule has 0 saturated heterocycles. The van der Waals surface area contributed by atoms with Gasteiger partial charge in [-0.05, 0) is 30.7 Å². The summed E-state index contributed by atoms with van der Waals surface area (Å²) in [6.07, 6.45) is 0. The normalized spacial score (nSPS) is 10.2. The maximum atomic E-state index is 11.6. The average Bonchev–Trinajstić information content (AvgIpc) is 2.87. The summed E-state index contributed by atoms with van der Waals surface area (Å²) >= 11 is 0. The molecule has 1 aromatic carbocycles. The number of nitrogens with one attached hydrogen (secondary N) is 1. The van der Waals surface area contributed by atoms with E-state index in [1.54, 1.807) is 19.1 Å². The number of nitro groups is 1. The van der Waals surface area contributed by atoms with Crippen LogP contribution in [0.15, 0.2) is 34.7 Å². The van der Waals surface area contributed by atoms with E-state index < -0.39 is 16.7 Å². The Bertz CT molecular complexity index is 733. The number of non-ortho nitro benzene ring substituents is 1. The summed E-state index contributed by atoms with van der Waals surface area (Å²) in [5.41, 5.74) is 1.27. The second kappa shape index (κ2) is 5.58. The zero-order valence-corrected chi connectivity index (χ0v) is 11.4. The number of rotatable bonds is 3. The van der Waals surface area contributed by atoms with Gasteiger partial charge in [-0.2, -0.15) is 0 Å². The zero-order chi connectivity index (χ0) is 15.6. The minimum Gasteiger partial charge on any atom is -0.451 e. The van der Waals surface area contributed by atoms with Crippen LogP contribution in [0.5, 0.6) is 0 Å². The number of nitrogens with zero attached hydrogens (tertiary/aromatic N) is 1. The van der Waals surface area contributed by atoms with E-state index in [4.69, 9.17) is 4.42 Å². The van der Waals surface area contributed by atoms with Crippen LogP contribution in [0.2, 0.25) is 0 Å². The lowest BCUT2D eigenvalue weighted by Gasteiger charge is -2.02. The molecule has 0 spiro atoms. The van der Waals surface area contributed by atoms with Crippen molar-refractivity contribution in [2.75, 3.05) is 0 Å². The van der Waals surface area contributed by atoms with Crippen LogP contribution in [0.25, 0.3) is 11.3 Å². The second-order valence-electron chi connectivity index (χ2n) is 4.43. The van der Waals surface area contributed by atoms with Crippen molar-refractivity contribution in [3.63, 3.8) is 0 Å². The first-order valence-electron chi connectivity index (χ1n) is 6.05. The number of carbonyl (C=O) groups is 2. The van der Waals surface area contributed by atoms with Gasteiger partial charge in [-0.15, -0.1) is 0 Å². The molecular weight excluding hydrogens is 276 g/mol. The molecule has 0 radical (unpaired) electrons. The third-order valence-electron chi connectivity index (χ3n) is 2.81. The molecule has 0 bridgehead atoms. The van der Waals surface area contributed by atoms with E-state index in [2.05, 4.69) is 5.32 Å². The number of aryl methyl sites for hydroxylation is 1. The molecule has 0 unspecified atom stereocenters. The van der Waals surface area contributed by atoms with E-state index in [0.29, 0.717) is 16.9 Å². The van der Waals surface area contributed by atoms with Crippen LogP contribution in [-0.2, 0) is 4.79 Å². The van der Waals surface area contributed by atoms with Crippen LogP contribution in [0, 0.1) is 17.0 Å². The van der Waals surface area contributed by atoms with Crippen LogP contribution < -0.4 is 5.32 Å². The Morgan fingerprint density at radius 2 is 1.95 bits per heavy atom. The number of carbonyl (C=O) groups excluding carboxylic acids is 2. The van der Waals surface area contributed by atoms with Crippen molar-refractivity contribution < 1.29 is 18.9 Å². The SMILES string of the molecule is CC(=O)NC(=O)c1ccc(-c2ccc([N+](=O)[O-])cc2C)o1. The summed E-state index contributed by atoms with van der Waals surface area (Å²) in [6, 6.07) is 7.35. The molecule has 0 atom stereocenters. The van der Waals surface area contributed by atoms with E-state index in [1.165, 1.54) is 25.1 Å². The van der Waals surface area contributed by atoms with Crippen molar-refractivity contribution in [1.29, 1.82) is 0 Å². The maximum absolute atomic E-state index is 11.6. The van der Waals surface area contributed by atoms with Crippen LogP contribution in [-0.4, -0.2) is 16.7 Å². The van der Waals surface area contributed by atoms with Crippen molar-refractivity contribution >= 4 is 17.5 Å². The molecule has 0 saturated carbocycles. The predicted octanol–water partition coefficient (Wildman–Crippen LogP) is 2.44. The molecule has 7 heteroatoms. The predicted molar refractivity (Wildman–Crippen MR) is 73.7 cm³/mol. The first-order chi connectivity index (χ1) is 9.88. The fraction of sp³-hybridized carbons (Fsp3) is 0.143. The highest BCUT2D eigenvalue weighted by Gasteiger charge is 2.15. The van der Waals surface area contributed by atoms with Crippen molar-refractivity contribution in [1.82, 2.24) is 5.32 Å². The van der Waals surface area contributed by atoms with Crippen LogP contribution >= 0.6 is 0 Å². The van der Waals surface area contributed by atoms with Gasteiger partial charge < -0.3 is 4.42 Å². The Hall–Kier alpha value is -2.96. The minimum absolute atomic E-state index is 0.00190. The third kappa shape index (κ3) is 3.14. The highest BCUT2D eigenvalue weighted by atomic mass is 16.6. The fourth-order valence-corrected chi connectivity index (χ4v) is 1.86. The van der Waals surface area contributed by atoms with Gasteiger partial charge in [-0.3, -0.25) is 25.0 Å². The van der Waals surface area contributed by atoms with Gasteiger partial charge in [0.25, 0.3) is 11.6 Å². The molecule has 2 rings (SSSR count). The van der Waals surface area contributed by atoms with Gasteiger partial charge in [-0.25, -0.2) is 0 Å². The van der Waals surface area contributed by atoms with Crippen molar-refractivity contribution in [2.45, 2.75) is 13.8 Å². The Kier molecular flexibility index (Phi) is 3.84. The van der Waals surface area contributed by atoms with Gasteiger partial charge in [0.15, 0.2) is 5.76 Å². The van der Waals surface area contributed by atoms with Gasteiger partial charge >= 0.3 is 0 Å². The molecule has 0 aliphatic rings. The van der Waals surface area contributed by atoms with Gasteiger partial charge in [0.1, 0.15) is 5.76 Å². The standard InChI is InChI=1S/C14H12N2O5/c1-8-7-10(16(19)20)3-4-11(8)12-5-6-13(21-12)14(18)15-9(2)17/h3-7H,1-2H3,(H,15,17,18). The minimum atomic E-state index is -0.631. The molecule has 2 amide bonds. The molecule has 7 nitrogen and oxygen atoms in total. The molecule has 1 heterocycles. The average molecular weight is 288 g/mol. The molecule has 1 aromatic heterocycles. The van der Waals surface area contributed by atoms with Gasteiger partial charge in [0.05, 0.1) is 4.92 Å². The van der Waals surface area contributed by atoms with Crippen molar-refractivity contribution in [3.05, 3.63) is 51.8 Å². The largest absolute Gasteiger partial charge is 0.451 e. The van der Waals surface area contributed by atoms with Crippen LogP contribution in [0.3, 0.4) is 0 Å².